The molecule has 0 spiro atoms. The molecule has 0 rings (SSSR count). The zero-order valence-electron chi connectivity index (χ0n) is 8.90. The zero-order valence-corrected chi connectivity index (χ0v) is 10.7. The molecule has 1 unspecified atom stereocenters. The Labute approximate surface area is 88.7 Å². The molecule has 0 aromatic heterocycles. The third-order valence-electron chi connectivity index (χ3n) is 1.74. The highest BCUT2D eigenvalue weighted by atomic mass is 31.2. The topological polar surface area (TPSA) is 107 Å². The minimum absolute atomic E-state index is 0.256. The predicted octanol–water partition coefficient (Wildman–Crippen LogP) is 0.621. The highest BCUT2D eigenvalue weighted by Gasteiger charge is 2.28. The maximum atomic E-state index is 11.2. The van der Waals surface area contributed by atoms with E-state index in [4.69, 9.17) is 9.79 Å². The Morgan fingerprint density at radius 2 is 1.67 bits per heavy atom. The number of rotatable bonds is 6. The normalized spacial score (nSPS) is 17.1. The SMILES string of the molecule is COP(=O)(O)CN(CP(=O)(O)O)C(C)C. The van der Waals surface area contributed by atoms with Gasteiger partial charge in [-0.05, 0) is 13.8 Å². The standard InChI is InChI=1S/C6H17NO6P2/c1-6(2)7(4-14(8,9)10)5-15(11,12)13-3/h6H,4-5H2,1-3H3,(H,11,12)(H2,8,9,10). The molecule has 92 valence electrons. The summed E-state index contributed by atoms with van der Waals surface area (Å²) < 4.78 is 26.3. The van der Waals surface area contributed by atoms with E-state index in [1.165, 1.54) is 4.90 Å². The molecule has 0 aromatic rings. The Morgan fingerprint density at radius 1 is 1.20 bits per heavy atom. The van der Waals surface area contributed by atoms with Gasteiger partial charge in [0.25, 0.3) is 0 Å². The molecule has 0 bridgehead atoms. The Bertz CT molecular complexity index is 287. The zero-order chi connectivity index (χ0) is 12.3. The fourth-order valence-electron chi connectivity index (χ4n) is 0.895. The number of hydrogen-bond acceptors (Lipinski definition) is 4. The Balaban J connectivity index is 4.57. The molecule has 0 aliphatic heterocycles. The van der Waals surface area contributed by atoms with Crippen LogP contribution in [0.4, 0.5) is 0 Å². The molecule has 0 aliphatic carbocycles. The van der Waals surface area contributed by atoms with Crippen LogP contribution in [0.5, 0.6) is 0 Å². The van der Waals surface area contributed by atoms with Crippen molar-refractivity contribution < 1.29 is 28.3 Å². The van der Waals surface area contributed by atoms with Crippen molar-refractivity contribution in [3.05, 3.63) is 0 Å². The summed E-state index contributed by atoms with van der Waals surface area (Å²) in [6.45, 7) is 3.34. The third-order valence-corrected chi connectivity index (χ3v) is 3.76. The molecule has 3 N–H and O–H groups in total. The summed E-state index contributed by atoms with van der Waals surface area (Å²) in [5.74, 6) is 0. The van der Waals surface area contributed by atoms with Crippen LogP contribution in [-0.2, 0) is 13.7 Å². The monoisotopic (exact) mass is 261 g/mol. The first-order valence-corrected chi connectivity index (χ1v) is 7.79. The molecule has 0 fully saturated rings. The molecule has 9 heteroatoms. The fraction of sp³-hybridized carbons (Fsp3) is 1.00. The lowest BCUT2D eigenvalue weighted by atomic mass is 10.4. The first kappa shape index (κ1) is 15.3. The average Bonchev–Trinajstić information content (AvgIpc) is 2.00. The largest absolute Gasteiger partial charge is 0.341 e. The minimum atomic E-state index is -4.23. The van der Waals surface area contributed by atoms with E-state index in [9.17, 15) is 14.0 Å². The lowest BCUT2D eigenvalue weighted by Crippen LogP contribution is -2.32. The van der Waals surface area contributed by atoms with Crippen LogP contribution in [0.1, 0.15) is 13.8 Å². The third kappa shape index (κ3) is 7.19. The van der Waals surface area contributed by atoms with Gasteiger partial charge in [0, 0.05) is 13.2 Å². The fourth-order valence-corrected chi connectivity index (χ4v) is 2.95. The second-order valence-corrected chi connectivity index (χ2v) is 6.99. The van der Waals surface area contributed by atoms with Crippen LogP contribution < -0.4 is 0 Å². The molecule has 0 aromatic carbocycles. The van der Waals surface area contributed by atoms with Crippen molar-refractivity contribution in [2.24, 2.45) is 0 Å². The first-order valence-electron chi connectivity index (χ1n) is 4.23. The Kier molecular flexibility index (Phi) is 5.64. The second-order valence-electron chi connectivity index (χ2n) is 3.45. The summed E-state index contributed by atoms with van der Waals surface area (Å²) in [5, 5.41) is 0. The van der Waals surface area contributed by atoms with E-state index in [1.54, 1.807) is 13.8 Å². The van der Waals surface area contributed by atoms with Crippen molar-refractivity contribution in [3.63, 3.8) is 0 Å². The summed E-state index contributed by atoms with van der Waals surface area (Å²) in [6.07, 6.45) is -0.954. The van der Waals surface area contributed by atoms with Gasteiger partial charge in [-0.15, -0.1) is 0 Å². The highest BCUT2D eigenvalue weighted by Crippen LogP contribution is 2.44. The molecule has 0 heterocycles. The summed E-state index contributed by atoms with van der Waals surface area (Å²) in [6, 6.07) is -0.256. The van der Waals surface area contributed by atoms with Crippen molar-refractivity contribution in [2.45, 2.75) is 19.9 Å². The summed E-state index contributed by atoms with van der Waals surface area (Å²) in [5.41, 5.74) is 0. The second kappa shape index (κ2) is 5.55. The molecule has 0 radical (unpaired) electrons. The maximum absolute atomic E-state index is 11.2. The van der Waals surface area contributed by atoms with Gasteiger partial charge in [0.2, 0.25) is 0 Å². The molecule has 0 saturated heterocycles. The van der Waals surface area contributed by atoms with E-state index in [-0.39, 0.29) is 6.04 Å². The quantitative estimate of drug-likeness (QED) is 0.601. The van der Waals surface area contributed by atoms with Gasteiger partial charge < -0.3 is 19.2 Å². The molecule has 7 nitrogen and oxygen atoms in total. The van der Waals surface area contributed by atoms with Crippen LogP contribution in [0.3, 0.4) is 0 Å². The van der Waals surface area contributed by atoms with Gasteiger partial charge in [-0.2, -0.15) is 0 Å². The highest BCUT2D eigenvalue weighted by molar-refractivity contribution is 7.53. The maximum Gasteiger partial charge on any atom is 0.341 e. The minimum Gasteiger partial charge on any atom is -0.324 e. The molecule has 0 amide bonds. The number of nitrogens with zero attached hydrogens (tertiary/aromatic N) is 1. The smallest absolute Gasteiger partial charge is 0.324 e. The first-order chi connectivity index (χ1) is 6.57. The van der Waals surface area contributed by atoms with Gasteiger partial charge in [0.1, 0.15) is 12.6 Å². The summed E-state index contributed by atoms with van der Waals surface area (Å²) >= 11 is 0. The summed E-state index contributed by atoms with van der Waals surface area (Å²) in [7, 11) is -6.94. The Morgan fingerprint density at radius 3 is 1.93 bits per heavy atom. The van der Waals surface area contributed by atoms with Gasteiger partial charge >= 0.3 is 15.2 Å². The van der Waals surface area contributed by atoms with Crippen molar-refractivity contribution in [1.29, 1.82) is 0 Å². The van der Waals surface area contributed by atoms with Crippen molar-refractivity contribution >= 4 is 15.2 Å². The van der Waals surface area contributed by atoms with Crippen LogP contribution in [0.2, 0.25) is 0 Å². The van der Waals surface area contributed by atoms with E-state index in [0.29, 0.717) is 0 Å². The van der Waals surface area contributed by atoms with E-state index < -0.39 is 27.8 Å². The van der Waals surface area contributed by atoms with Crippen molar-refractivity contribution in [3.8, 4) is 0 Å². The molecule has 0 aliphatic rings. The molecular formula is C6H17NO6P2. The van der Waals surface area contributed by atoms with E-state index >= 15 is 0 Å². The molecule has 15 heavy (non-hydrogen) atoms. The lowest BCUT2D eigenvalue weighted by molar-refractivity contribution is 0.231. The van der Waals surface area contributed by atoms with E-state index in [0.717, 1.165) is 7.11 Å². The van der Waals surface area contributed by atoms with Crippen molar-refractivity contribution in [2.75, 3.05) is 19.7 Å². The average molecular weight is 261 g/mol. The van der Waals surface area contributed by atoms with Gasteiger partial charge in [-0.25, -0.2) is 0 Å². The van der Waals surface area contributed by atoms with Crippen LogP contribution in [0, 0.1) is 0 Å². The van der Waals surface area contributed by atoms with Gasteiger partial charge in [-0.3, -0.25) is 14.0 Å². The van der Waals surface area contributed by atoms with E-state index in [1.807, 2.05) is 0 Å². The van der Waals surface area contributed by atoms with Crippen molar-refractivity contribution in [1.82, 2.24) is 4.90 Å². The molecular weight excluding hydrogens is 244 g/mol. The van der Waals surface area contributed by atoms with Crippen LogP contribution in [-0.4, -0.2) is 45.3 Å². The summed E-state index contributed by atoms with van der Waals surface area (Å²) in [4.78, 5) is 27.9. The van der Waals surface area contributed by atoms with Gasteiger partial charge in [0.05, 0.1) is 0 Å². The van der Waals surface area contributed by atoms with Gasteiger partial charge in [-0.1, -0.05) is 0 Å². The lowest BCUT2D eigenvalue weighted by Gasteiger charge is -2.27. The Hall–Kier alpha value is 0.260. The number of hydrogen-bond donors (Lipinski definition) is 3. The van der Waals surface area contributed by atoms with Crippen LogP contribution in [0.25, 0.3) is 0 Å². The molecule has 1 atom stereocenters. The van der Waals surface area contributed by atoms with E-state index in [2.05, 4.69) is 4.52 Å². The van der Waals surface area contributed by atoms with Crippen LogP contribution >= 0.6 is 15.2 Å². The predicted molar refractivity (Wildman–Crippen MR) is 55.6 cm³/mol. The van der Waals surface area contributed by atoms with Crippen LogP contribution in [0.15, 0.2) is 0 Å². The van der Waals surface area contributed by atoms with Gasteiger partial charge in [0.15, 0.2) is 0 Å². The molecule has 0 saturated carbocycles.